The molecule has 0 aliphatic heterocycles. The average molecular weight is 280 g/mol. The summed E-state index contributed by atoms with van der Waals surface area (Å²) in [4.78, 5) is 13.1. The van der Waals surface area contributed by atoms with Gasteiger partial charge in [0.15, 0.2) is 0 Å². The van der Waals surface area contributed by atoms with E-state index in [-0.39, 0.29) is 30.6 Å². The van der Waals surface area contributed by atoms with Gasteiger partial charge in [-0.3, -0.25) is 0 Å². The molecule has 0 bridgehead atoms. The molecule has 4 nitrogen and oxygen atoms in total. The number of aliphatic hydroxyl groups is 1. The van der Waals surface area contributed by atoms with Crippen molar-refractivity contribution in [2.24, 2.45) is 5.92 Å². The van der Waals surface area contributed by atoms with E-state index in [1.54, 1.807) is 11.3 Å². The first-order valence-corrected chi connectivity index (χ1v) is 7.44. The molecule has 1 heterocycles. The molecule has 0 radical (unpaired) electrons. The summed E-state index contributed by atoms with van der Waals surface area (Å²) in [6.45, 7) is 2.14. The fourth-order valence-electron chi connectivity index (χ4n) is 2.23. The van der Waals surface area contributed by atoms with E-state index in [0.717, 1.165) is 12.8 Å². The van der Waals surface area contributed by atoms with Gasteiger partial charge in [0.25, 0.3) is 0 Å². The largest absolute Gasteiger partial charge is 0.396 e. The lowest BCUT2D eigenvalue weighted by atomic mass is 10.1. The summed E-state index contributed by atoms with van der Waals surface area (Å²) in [7, 11) is 0. The number of nitrogens with one attached hydrogen (secondary N) is 2. The van der Waals surface area contributed by atoms with Crippen molar-refractivity contribution < 1.29 is 9.90 Å². The van der Waals surface area contributed by atoms with Gasteiger partial charge in [-0.15, -0.1) is 11.3 Å². The van der Waals surface area contributed by atoms with Gasteiger partial charge in [0.05, 0.1) is 0 Å². The van der Waals surface area contributed by atoms with E-state index in [2.05, 4.69) is 16.7 Å². The predicted octanol–water partition coefficient (Wildman–Crippen LogP) is 1.92. The average Bonchev–Trinajstić information content (AvgIpc) is 3.00. The molecule has 3 N–H and O–H groups in total. The molecule has 0 spiro atoms. The van der Waals surface area contributed by atoms with Crippen molar-refractivity contribution in [2.75, 3.05) is 6.61 Å². The minimum atomic E-state index is -0.141. The Morgan fingerprint density at radius 3 is 3.05 bits per heavy atom. The van der Waals surface area contributed by atoms with Gasteiger partial charge in [-0.2, -0.15) is 0 Å². The Kier molecular flexibility index (Phi) is 4.99. The van der Waals surface area contributed by atoms with Gasteiger partial charge in [0, 0.05) is 35.9 Å². The maximum Gasteiger partial charge on any atom is 0.315 e. The highest BCUT2D eigenvalue weighted by Crippen LogP contribution is 2.16. The van der Waals surface area contributed by atoms with Gasteiger partial charge < -0.3 is 15.7 Å². The monoisotopic (exact) mass is 280 g/mol. The van der Waals surface area contributed by atoms with Gasteiger partial charge in [0.1, 0.15) is 0 Å². The standard InChI is InChI=1S/C14H20N2O2S/c1-10(7-13-3-2-6-19-13)15-14(18)16-12-5-4-11(8-12)9-17/h2-6,10-12,17H,7-9H2,1H3,(H2,15,16,18)/t10-,11-,12+/m0/s1. The molecule has 0 aromatic carbocycles. The van der Waals surface area contributed by atoms with Crippen molar-refractivity contribution >= 4 is 17.4 Å². The normalized spacial score (nSPS) is 23.3. The summed E-state index contributed by atoms with van der Waals surface area (Å²) >= 11 is 1.70. The SMILES string of the molecule is C[C@@H](Cc1cccs1)NC(=O)N[C@@H]1C=C[C@H](CO)C1. The highest BCUT2D eigenvalue weighted by Gasteiger charge is 2.20. The fraction of sp³-hybridized carbons (Fsp3) is 0.500. The molecule has 3 atom stereocenters. The van der Waals surface area contributed by atoms with Crippen LogP contribution in [-0.4, -0.2) is 29.8 Å². The third-order valence-corrected chi connectivity index (χ3v) is 4.09. The molecule has 19 heavy (non-hydrogen) atoms. The van der Waals surface area contributed by atoms with Gasteiger partial charge >= 0.3 is 6.03 Å². The third-order valence-electron chi connectivity index (χ3n) is 3.19. The second-order valence-electron chi connectivity index (χ2n) is 4.97. The van der Waals surface area contributed by atoms with Crippen molar-refractivity contribution in [3.05, 3.63) is 34.5 Å². The summed E-state index contributed by atoms with van der Waals surface area (Å²) in [5.74, 6) is 0.175. The Morgan fingerprint density at radius 2 is 2.42 bits per heavy atom. The molecule has 1 aliphatic carbocycles. The molecule has 5 heteroatoms. The first kappa shape index (κ1) is 14.1. The first-order chi connectivity index (χ1) is 9.17. The molecule has 1 aliphatic rings. The molecule has 0 fully saturated rings. The summed E-state index contributed by atoms with van der Waals surface area (Å²) in [6.07, 6.45) is 5.54. The maximum absolute atomic E-state index is 11.8. The van der Waals surface area contributed by atoms with Crippen molar-refractivity contribution in [1.29, 1.82) is 0 Å². The minimum absolute atomic E-state index is 0.0334. The van der Waals surface area contributed by atoms with E-state index in [1.165, 1.54) is 4.88 Å². The maximum atomic E-state index is 11.8. The van der Waals surface area contributed by atoms with Gasteiger partial charge in [-0.25, -0.2) is 4.79 Å². The van der Waals surface area contributed by atoms with Crippen LogP contribution in [0.3, 0.4) is 0 Å². The number of urea groups is 1. The highest BCUT2D eigenvalue weighted by molar-refractivity contribution is 7.09. The van der Waals surface area contributed by atoms with Crippen LogP contribution in [0.1, 0.15) is 18.2 Å². The lowest BCUT2D eigenvalue weighted by molar-refractivity contribution is 0.229. The van der Waals surface area contributed by atoms with Crippen LogP contribution in [0.25, 0.3) is 0 Å². The van der Waals surface area contributed by atoms with E-state index in [9.17, 15) is 4.79 Å². The molecule has 2 rings (SSSR count). The van der Waals surface area contributed by atoms with Crippen LogP contribution in [0, 0.1) is 5.92 Å². The zero-order chi connectivity index (χ0) is 13.7. The number of amides is 2. The molecule has 2 amide bonds. The van der Waals surface area contributed by atoms with E-state index >= 15 is 0 Å². The predicted molar refractivity (Wildman–Crippen MR) is 77.3 cm³/mol. The summed E-state index contributed by atoms with van der Waals surface area (Å²) in [5, 5.41) is 16.9. The van der Waals surface area contributed by atoms with Gasteiger partial charge in [-0.05, 0) is 24.8 Å². The zero-order valence-electron chi connectivity index (χ0n) is 11.0. The summed E-state index contributed by atoms with van der Waals surface area (Å²) in [5.41, 5.74) is 0. The van der Waals surface area contributed by atoms with Crippen LogP contribution in [0.2, 0.25) is 0 Å². The summed E-state index contributed by atoms with van der Waals surface area (Å²) < 4.78 is 0. The van der Waals surface area contributed by atoms with Crippen LogP contribution in [0.4, 0.5) is 4.79 Å². The third kappa shape index (κ3) is 4.36. The Hall–Kier alpha value is -1.33. The zero-order valence-corrected chi connectivity index (χ0v) is 11.8. The Balaban J connectivity index is 1.71. The number of aliphatic hydroxyl groups excluding tert-OH is 1. The quantitative estimate of drug-likeness (QED) is 0.722. The van der Waals surface area contributed by atoms with Crippen LogP contribution >= 0.6 is 11.3 Å². The summed E-state index contributed by atoms with van der Waals surface area (Å²) in [6, 6.07) is 4.10. The van der Waals surface area contributed by atoms with Crippen molar-refractivity contribution in [3.63, 3.8) is 0 Å². The lowest BCUT2D eigenvalue weighted by Gasteiger charge is -2.17. The fourth-order valence-corrected chi connectivity index (χ4v) is 3.07. The van der Waals surface area contributed by atoms with Crippen LogP contribution < -0.4 is 10.6 Å². The molecular weight excluding hydrogens is 260 g/mol. The molecule has 0 unspecified atom stereocenters. The van der Waals surface area contributed by atoms with Crippen LogP contribution in [0.15, 0.2) is 29.7 Å². The number of thiophene rings is 1. The van der Waals surface area contributed by atoms with E-state index in [4.69, 9.17) is 5.11 Å². The van der Waals surface area contributed by atoms with E-state index in [1.807, 2.05) is 30.5 Å². The number of hydrogen-bond donors (Lipinski definition) is 3. The second-order valence-corrected chi connectivity index (χ2v) is 6.00. The second kappa shape index (κ2) is 6.73. The van der Waals surface area contributed by atoms with Crippen molar-refractivity contribution in [1.82, 2.24) is 10.6 Å². The van der Waals surface area contributed by atoms with Gasteiger partial charge in [0.2, 0.25) is 0 Å². The van der Waals surface area contributed by atoms with Gasteiger partial charge in [-0.1, -0.05) is 18.2 Å². The van der Waals surface area contributed by atoms with Crippen LogP contribution in [-0.2, 0) is 6.42 Å². The van der Waals surface area contributed by atoms with Crippen LogP contribution in [0.5, 0.6) is 0 Å². The van der Waals surface area contributed by atoms with Crippen molar-refractivity contribution in [3.8, 4) is 0 Å². The molecular formula is C14H20N2O2S. The first-order valence-electron chi connectivity index (χ1n) is 6.56. The van der Waals surface area contributed by atoms with E-state index in [0.29, 0.717) is 0 Å². The van der Waals surface area contributed by atoms with Crippen molar-refractivity contribution in [2.45, 2.75) is 31.8 Å². The highest BCUT2D eigenvalue weighted by atomic mass is 32.1. The minimum Gasteiger partial charge on any atom is -0.396 e. The Labute approximate surface area is 117 Å². The molecule has 0 saturated carbocycles. The number of hydrogen-bond acceptors (Lipinski definition) is 3. The lowest BCUT2D eigenvalue weighted by Crippen LogP contribution is -2.45. The topological polar surface area (TPSA) is 61.4 Å². The number of rotatable bonds is 5. The Morgan fingerprint density at radius 1 is 1.58 bits per heavy atom. The molecule has 1 aromatic heterocycles. The number of carbonyl (C=O) groups excluding carboxylic acids is 1. The molecule has 1 aromatic rings. The Bertz CT molecular complexity index is 431. The molecule has 0 saturated heterocycles. The smallest absolute Gasteiger partial charge is 0.315 e. The molecule has 104 valence electrons. The number of carbonyl (C=O) groups is 1. The van der Waals surface area contributed by atoms with E-state index < -0.39 is 0 Å².